The molecule has 7 heteroatoms. The minimum Gasteiger partial charge on any atom is -0.309 e. The van der Waals surface area contributed by atoms with Gasteiger partial charge in [-0.3, -0.25) is 4.57 Å². The Bertz CT molecular complexity index is 3140. The molecule has 4 heterocycles. The van der Waals surface area contributed by atoms with Crippen molar-refractivity contribution in [3.05, 3.63) is 182 Å². The molecule has 0 aliphatic heterocycles. The van der Waals surface area contributed by atoms with Crippen molar-refractivity contribution in [3.63, 3.8) is 0 Å². The van der Waals surface area contributed by atoms with Gasteiger partial charge in [-0.05, 0) is 54.6 Å². The van der Waals surface area contributed by atoms with Crippen molar-refractivity contribution in [2.24, 2.45) is 0 Å². The summed E-state index contributed by atoms with van der Waals surface area (Å²) >= 11 is 1.61. The molecule has 4 aromatic heterocycles. The summed E-state index contributed by atoms with van der Waals surface area (Å²) in [5.74, 6) is 0.626. The lowest BCUT2D eigenvalue weighted by Crippen LogP contribution is -2.03. The maximum absolute atomic E-state index is 5.18. The van der Waals surface area contributed by atoms with Crippen molar-refractivity contribution >= 4 is 54.9 Å². The SMILES string of the molecule is c1ccc(-c2cc(-c3ccccc3)nc(-n3c4ccccc4c4cc(-c5nnc(-c6ccc7c8ccccc8n(-c8ccccc8)c7c6)s5)ccc43)n2)cc1. The molecule has 0 fully saturated rings. The van der Waals surface area contributed by atoms with E-state index in [0.717, 1.165) is 76.7 Å². The van der Waals surface area contributed by atoms with Crippen molar-refractivity contribution in [1.82, 2.24) is 29.3 Å². The van der Waals surface area contributed by atoms with Gasteiger partial charge in [0.2, 0.25) is 5.95 Å². The van der Waals surface area contributed by atoms with E-state index in [9.17, 15) is 0 Å². The third kappa shape index (κ3) is 5.24. The first-order chi connectivity index (χ1) is 27.3. The Labute approximate surface area is 320 Å². The van der Waals surface area contributed by atoms with Gasteiger partial charge in [-0.2, -0.15) is 0 Å². The quantitative estimate of drug-likeness (QED) is 0.171. The number of hydrogen-bond donors (Lipinski definition) is 0. The number of hydrogen-bond acceptors (Lipinski definition) is 5. The molecule has 0 aliphatic carbocycles. The van der Waals surface area contributed by atoms with E-state index >= 15 is 0 Å². The summed E-state index contributed by atoms with van der Waals surface area (Å²) in [7, 11) is 0. The molecule has 0 saturated carbocycles. The van der Waals surface area contributed by atoms with Crippen LogP contribution in [-0.2, 0) is 0 Å². The Morgan fingerprint density at radius 3 is 1.49 bits per heavy atom. The number of aromatic nitrogens is 6. The highest BCUT2D eigenvalue weighted by Crippen LogP contribution is 2.39. The Kier molecular flexibility index (Phi) is 7.25. The number of para-hydroxylation sites is 3. The highest BCUT2D eigenvalue weighted by Gasteiger charge is 2.19. The molecule has 258 valence electrons. The Hall–Kier alpha value is -7.22. The molecule has 0 N–H and O–H groups in total. The molecule has 0 saturated heterocycles. The van der Waals surface area contributed by atoms with Crippen LogP contribution in [0.2, 0.25) is 0 Å². The highest BCUT2D eigenvalue weighted by atomic mass is 32.1. The van der Waals surface area contributed by atoms with Crippen LogP contribution in [0.1, 0.15) is 0 Å². The number of fused-ring (bicyclic) bond motifs is 6. The smallest absolute Gasteiger partial charge is 0.235 e. The third-order valence-corrected chi connectivity index (χ3v) is 11.4. The molecule has 11 aromatic rings. The zero-order valence-corrected chi connectivity index (χ0v) is 30.2. The summed E-state index contributed by atoms with van der Waals surface area (Å²) in [5.41, 5.74) is 11.4. The molecule has 0 amide bonds. The second kappa shape index (κ2) is 12.7. The van der Waals surface area contributed by atoms with Crippen molar-refractivity contribution in [2.45, 2.75) is 0 Å². The predicted octanol–water partition coefficient (Wildman–Crippen LogP) is 12.2. The number of rotatable bonds is 6. The monoisotopic (exact) mass is 722 g/mol. The van der Waals surface area contributed by atoms with E-state index in [4.69, 9.17) is 20.2 Å². The predicted molar refractivity (Wildman–Crippen MR) is 226 cm³/mol. The van der Waals surface area contributed by atoms with Gasteiger partial charge in [-0.15, -0.1) is 10.2 Å². The highest BCUT2D eigenvalue weighted by molar-refractivity contribution is 7.17. The van der Waals surface area contributed by atoms with Crippen LogP contribution in [-0.4, -0.2) is 29.3 Å². The van der Waals surface area contributed by atoms with E-state index in [1.807, 2.05) is 36.4 Å². The van der Waals surface area contributed by atoms with Gasteiger partial charge < -0.3 is 4.57 Å². The summed E-state index contributed by atoms with van der Waals surface area (Å²) in [4.78, 5) is 10.4. The second-order valence-electron chi connectivity index (χ2n) is 13.6. The van der Waals surface area contributed by atoms with Crippen LogP contribution < -0.4 is 0 Å². The molecule has 6 nitrogen and oxygen atoms in total. The first kappa shape index (κ1) is 31.3. The Balaban J connectivity index is 1.03. The molecular weight excluding hydrogens is 693 g/mol. The minimum atomic E-state index is 0.626. The average molecular weight is 723 g/mol. The fraction of sp³-hybridized carbons (Fsp3) is 0. The number of benzene rings is 7. The van der Waals surface area contributed by atoms with Gasteiger partial charge in [0.25, 0.3) is 0 Å². The van der Waals surface area contributed by atoms with Gasteiger partial charge in [0.15, 0.2) is 0 Å². The van der Waals surface area contributed by atoms with E-state index in [2.05, 4.69) is 155 Å². The minimum absolute atomic E-state index is 0.626. The standard InChI is InChI=1S/C48H30N6S/c1-4-14-31(15-5-1)40-30-41(32-16-6-2-7-17-32)50-48(49-40)54-43-23-13-11-21-37(43)39-28-33(25-27-44(39)54)46-51-52-47(55-46)34-24-26-38-36-20-10-12-22-42(36)53(45(38)29-34)35-18-8-3-9-19-35/h1-30H. The normalized spacial score (nSPS) is 11.6. The summed E-state index contributed by atoms with van der Waals surface area (Å²) in [6.45, 7) is 0. The van der Waals surface area contributed by atoms with Crippen molar-refractivity contribution in [1.29, 1.82) is 0 Å². The zero-order valence-electron chi connectivity index (χ0n) is 29.4. The Morgan fingerprint density at radius 1 is 0.345 bits per heavy atom. The lowest BCUT2D eigenvalue weighted by atomic mass is 10.1. The van der Waals surface area contributed by atoms with E-state index in [1.54, 1.807) is 11.3 Å². The summed E-state index contributed by atoms with van der Waals surface area (Å²) in [6.07, 6.45) is 0. The molecule has 11 rings (SSSR count). The van der Waals surface area contributed by atoms with Crippen molar-refractivity contribution < 1.29 is 0 Å². The molecule has 0 aliphatic rings. The fourth-order valence-electron chi connectivity index (χ4n) is 7.78. The summed E-state index contributed by atoms with van der Waals surface area (Å²) < 4.78 is 4.52. The van der Waals surface area contributed by atoms with Crippen molar-refractivity contribution in [2.75, 3.05) is 0 Å². The average Bonchev–Trinajstić information content (AvgIpc) is 3.97. The lowest BCUT2D eigenvalue weighted by Gasteiger charge is -2.11. The van der Waals surface area contributed by atoms with Gasteiger partial charge in [-0.25, -0.2) is 9.97 Å². The first-order valence-electron chi connectivity index (χ1n) is 18.2. The van der Waals surface area contributed by atoms with Crippen LogP contribution in [0.25, 0.3) is 98.9 Å². The van der Waals surface area contributed by atoms with Gasteiger partial charge in [-0.1, -0.05) is 139 Å². The van der Waals surface area contributed by atoms with Gasteiger partial charge in [0.05, 0.1) is 33.5 Å². The van der Waals surface area contributed by atoms with Crippen LogP contribution in [0, 0.1) is 0 Å². The van der Waals surface area contributed by atoms with Gasteiger partial charge in [0.1, 0.15) is 10.0 Å². The van der Waals surface area contributed by atoms with E-state index < -0.39 is 0 Å². The lowest BCUT2D eigenvalue weighted by molar-refractivity contribution is 0.995. The summed E-state index contributed by atoms with van der Waals surface area (Å²) in [6, 6.07) is 63.4. The van der Waals surface area contributed by atoms with Crippen LogP contribution in [0.3, 0.4) is 0 Å². The van der Waals surface area contributed by atoms with Gasteiger partial charge in [0, 0.05) is 49.5 Å². The maximum Gasteiger partial charge on any atom is 0.235 e. The molecular formula is C48H30N6S. The molecule has 0 radical (unpaired) electrons. The first-order valence-corrected chi connectivity index (χ1v) is 19.0. The molecule has 0 atom stereocenters. The van der Waals surface area contributed by atoms with Crippen LogP contribution in [0.15, 0.2) is 182 Å². The molecule has 55 heavy (non-hydrogen) atoms. The largest absolute Gasteiger partial charge is 0.309 e. The molecule has 0 spiro atoms. The fourth-order valence-corrected chi connectivity index (χ4v) is 8.62. The zero-order chi connectivity index (χ0) is 36.3. The van der Waals surface area contributed by atoms with Crippen LogP contribution in [0.5, 0.6) is 0 Å². The van der Waals surface area contributed by atoms with E-state index in [0.29, 0.717) is 5.95 Å². The topological polar surface area (TPSA) is 61.4 Å². The van der Waals surface area contributed by atoms with Crippen LogP contribution >= 0.6 is 11.3 Å². The second-order valence-corrected chi connectivity index (χ2v) is 14.6. The van der Waals surface area contributed by atoms with E-state index in [-0.39, 0.29) is 0 Å². The van der Waals surface area contributed by atoms with E-state index in [1.165, 1.54) is 16.3 Å². The third-order valence-electron chi connectivity index (χ3n) is 10.3. The molecule has 0 bridgehead atoms. The molecule has 0 unspecified atom stereocenters. The summed E-state index contributed by atoms with van der Waals surface area (Å²) in [5, 5.41) is 15.9. The van der Waals surface area contributed by atoms with Gasteiger partial charge >= 0.3 is 0 Å². The van der Waals surface area contributed by atoms with Crippen molar-refractivity contribution in [3.8, 4) is 55.3 Å². The molecule has 7 aromatic carbocycles. The Morgan fingerprint density at radius 2 is 0.836 bits per heavy atom. The maximum atomic E-state index is 5.18. The van der Waals surface area contributed by atoms with Crippen LogP contribution in [0.4, 0.5) is 0 Å². The number of nitrogens with zero attached hydrogens (tertiary/aromatic N) is 6.